The largest absolute Gasteiger partial charge is 0.497 e. The van der Waals surface area contributed by atoms with Crippen LogP contribution in [0.1, 0.15) is 19.7 Å². The van der Waals surface area contributed by atoms with Crippen LogP contribution in [0.4, 0.5) is 0 Å². The van der Waals surface area contributed by atoms with Crippen LogP contribution in [-0.4, -0.2) is 32.6 Å². The average Bonchev–Trinajstić information content (AvgIpc) is 3.18. The molecule has 0 saturated carbocycles. The fraction of sp³-hybridized carbons (Fsp3) is 0.238. The second-order valence-corrected chi connectivity index (χ2v) is 8.21. The van der Waals surface area contributed by atoms with Crippen molar-refractivity contribution in [3.05, 3.63) is 52.8 Å². The highest BCUT2D eigenvalue weighted by molar-refractivity contribution is 9.10. The van der Waals surface area contributed by atoms with E-state index in [9.17, 15) is 4.79 Å². The van der Waals surface area contributed by atoms with E-state index in [-0.39, 0.29) is 11.7 Å². The molecule has 0 fully saturated rings. The summed E-state index contributed by atoms with van der Waals surface area (Å²) in [6.45, 7) is 3.65. The predicted octanol–water partition coefficient (Wildman–Crippen LogP) is 3.01. The summed E-state index contributed by atoms with van der Waals surface area (Å²) in [5, 5.41) is 5.42. The van der Waals surface area contributed by atoms with Crippen LogP contribution in [0.5, 0.6) is 5.75 Å². The number of nitrogens with two attached hydrogens (primary N) is 2. The lowest BCUT2D eigenvalue weighted by molar-refractivity contribution is -0.125. The van der Waals surface area contributed by atoms with E-state index < -0.39 is 11.4 Å². The molecule has 2 aromatic carbocycles. The zero-order valence-electron chi connectivity index (χ0n) is 16.8. The summed E-state index contributed by atoms with van der Waals surface area (Å²) in [4.78, 5) is 21.9. The number of rotatable bonds is 5. The van der Waals surface area contributed by atoms with Gasteiger partial charge in [-0.1, -0.05) is 19.9 Å². The minimum absolute atomic E-state index is 0.242. The predicted molar refractivity (Wildman–Crippen MR) is 118 cm³/mol. The molecule has 0 saturated heterocycles. The first-order valence-corrected chi connectivity index (χ1v) is 10.1. The van der Waals surface area contributed by atoms with Crippen molar-refractivity contribution in [1.82, 2.24) is 19.6 Å². The van der Waals surface area contributed by atoms with Crippen LogP contribution in [-0.2, 0) is 10.3 Å². The molecular formula is C21H21BrN6O2. The summed E-state index contributed by atoms with van der Waals surface area (Å²) in [6, 6.07) is 13.1. The van der Waals surface area contributed by atoms with Crippen molar-refractivity contribution in [3.63, 3.8) is 0 Å². The number of para-hydroxylation sites is 1. The molecule has 0 radical (unpaired) electrons. The van der Waals surface area contributed by atoms with Gasteiger partial charge < -0.3 is 16.2 Å². The van der Waals surface area contributed by atoms with Crippen molar-refractivity contribution < 1.29 is 9.53 Å². The number of primary amides is 1. The Kier molecular flexibility index (Phi) is 4.95. The van der Waals surface area contributed by atoms with Crippen LogP contribution in [0.3, 0.4) is 0 Å². The van der Waals surface area contributed by atoms with Gasteiger partial charge in [0.25, 0.3) is 0 Å². The Morgan fingerprint density at radius 1 is 1.17 bits per heavy atom. The minimum Gasteiger partial charge on any atom is -0.497 e. The third kappa shape index (κ3) is 3.01. The van der Waals surface area contributed by atoms with E-state index in [2.05, 4.69) is 21.0 Å². The molecule has 1 atom stereocenters. The summed E-state index contributed by atoms with van der Waals surface area (Å²) in [6.07, 6.45) is 0. The van der Waals surface area contributed by atoms with Crippen LogP contribution in [0.2, 0.25) is 0 Å². The molecule has 4 rings (SSSR count). The van der Waals surface area contributed by atoms with Gasteiger partial charge in [0.1, 0.15) is 5.75 Å². The Morgan fingerprint density at radius 2 is 1.87 bits per heavy atom. The maximum atomic E-state index is 12.4. The highest BCUT2D eigenvalue weighted by Crippen LogP contribution is 2.32. The monoisotopic (exact) mass is 468 g/mol. The van der Waals surface area contributed by atoms with E-state index >= 15 is 0 Å². The molecule has 0 unspecified atom stereocenters. The van der Waals surface area contributed by atoms with Gasteiger partial charge in [-0.15, -0.1) is 5.10 Å². The maximum absolute atomic E-state index is 12.4. The fourth-order valence-electron chi connectivity index (χ4n) is 3.38. The number of hydrogen-bond acceptors (Lipinski definition) is 6. The molecule has 30 heavy (non-hydrogen) atoms. The molecule has 2 aromatic heterocycles. The lowest BCUT2D eigenvalue weighted by Crippen LogP contribution is -2.54. The number of aromatic nitrogens is 4. The number of methoxy groups -OCH3 is 1. The number of benzene rings is 2. The maximum Gasteiger partial charge on any atom is 0.245 e. The third-order valence-electron chi connectivity index (χ3n) is 5.29. The Labute approximate surface area is 181 Å². The van der Waals surface area contributed by atoms with Crippen molar-refractivity contribution in [2.45, 2.75) is 19.4 Å². The number of fused-ring (bicyclic) bond motifs is 3. The Balaban J connectivity index is 2.08. The molecule has 4 aromatic rings. The van der Waals surface area contributed by atoms with E-state index in [4.69, 9.17) is 26.2 Å². The molecular weight excluding hydrogens is 448 g/mol. The normalized spacial score (nSPS) is 13.7. The van der Waals surface area contributed by atoms with Crippen LogP contribution < -0.4 is 16.2 Å². The third-order valence-corrected chi connectivity index (χ3v) is 5.93. The van der Waals surface area contributed by atoms with Crippen molar-refractivity contribution >= 4 is 38.4 Å². The van der Waals surface area contributed by atoms with Gasteiger partial charge >= 0.3 is 0 Å². The minimum atomic E-state index is -1.54. The van der Waals surface area contributed by atoms with Gasteiger partial charge in [0, 0.05) is 15.4 Å². The van der Waals surface area contributed by atoms with Gasteiger partial charge in [0.05, 0.1) is 12.6 Å². The van der Waals surface area contributed by atoms with Gasteiger partial charge in [-0.05, 0) is 58.2 Å². The van der Waals surface area contributed by atoms with Crippen molar-refractivity contribution in [2.75, 3.05) is 7.11 Å². The molecule has 154 valence electrons. The molecule has 4 N–H and O–H groups in total. The van der Waals surface area contributed by atoms with Crippen molar-refractivity contribution in [2.24, 2.45) is 17.4 Å². The smallest absolute Gasteiger partial charge is 0.245 e. The van der Waals surface area contributed by atoms with Gasteiger partial charge in [-0.3, -0.25) is 4.79 Å². The topological polar surface area (TPSA) is 121 Å². The van der Waals surface area contributed by atoms with Crippen LogP contribution in [0, 0.1) is 5.92 Å². The number of nitrogens with zero attached hydrogens (tertiary/aromatic N) is 4. The van der Waals surface area contributed by atoms with Gasteiger partial charge in [-0.25, -0.2) is 9.97 Å². The van der Waals surface area contributed by atoms with Crippen LogP contribution >= 0.6 is 15.9 Å². The second-order valence-electron chi connectivity index (χ2n) is 7.36. The average molecular weight is 469 g/mol. The number of amides is 1. The number of carbonyl (C=O) groups excluding carboxylic acids is 1. The molecule has 0 aliphatic rings. The SMILES string of the molecule is COc1ccc(-c2nc3c4cccc(Br)c4nc([C@](N)(C(N)=O)C(C)C)n3n2)cc1. The van der Waals surface area contributed by atoms with Gasteiger partial charge in [0.15, 0.2) is 22.8 Å². The zero-order chi connectivity index (χ0) is 21.6. The molecule has 0 bridgehead atoms. The zero-order valence-corrected chi connectivity index (χ0v) is 18.3. The number of ether oxygens (including phenoxy) is 1. The number of hydrogen-bond donors (Lipinski definition) is 2. The summed E-state index contributed by atoms with van der Waals surface area (Å²) >= 11 is 3.53. The van der Waals surface area contributed by atoms with E-state index in [1.807, 2.05) is 56.3 Å². The Hall–Kier alpha value is -3.04. The quantitative estimate of drug-likeness (QED) is 0.464. The number of carbonyl (C=O) groups is 1. The molecule has 0 spiro atoms. The van der Waals surface area contributed by atoms with Crippen LogP contribution in [0.25, 0.3) is 27.9 Å². The van der Waals surface area contributed by atoms with E-state index in [0.717, 1.165) is 21.2 Å². The summed E-state index contributed by atoms with van der Waals surface area (Å²) < 4.78 is 7.51. The summed E-state index contributed by atoms with van der Waals surface area (Å²) in [5.41, 5.74) is 12.7. The first kappa shape index (κ1) is 20.2. The Morgan fingerprint density at radius 3 is 2.47 bits per heavy atom. The van der Waals surface area contributed by atoms with Crippen molar-refractivity contribution in [3.8, 4) is 17.1 Å². The second kappa shape index (κ2) is 7.33. The molecule has 0 aliphatic carbocycles. The highest BCUT2D eigenvalue weighted by atomic mass is 79.9. The Bertz CT molecular complexity index is 1270. The summed E-state index contributed by atoms with van der Waals surface area (Å²) in [5.74, 6) is 0.447. The summed E-state index contributed by atoms with van der Waals surface area (Å²) in [7, 11) is 1.61. The molecule has 9 heteroatoms. The highest BCUT2D eigenvalue weighted by Gasteiger charge is 2.42. The first-order valence-electron chi connectivity index (χ1n) is 9.36. The molecule has 8 nitrogen and oxygen atoms in total. The number of halogens is 1. The lowest BCUT2D eigenvalue weighted by atomic mass is 9.85. The standard InChI is InChI=1S/C21H21BrN6O2/c1-11(2)21(24,19(23)29)20-25-16-14(5-4-6-15(16)22)18-26-17(27-28(18)20)12-7-9-13(30-3)10-8-12/h4-11H,24H2,1-3H3,(H2,23,29)/t21-/m1/s1. The van der Waals surface area contributed by atoms with Gasteiger partial charge in [0.2, 0.25) is 5.91 Å². The van der Waals surface area contributed by atoms with Gasteiger partial charge in [-0.2, -0.15) is 4.52 Å². The van der Waals surface area contributed by atoms with Crippen LogP contribution in [0.15, 0.2) is 46.9 Å². The molecule has 0 aliphatic heterocycles. The van der Waals surface area contributed by atoms with E-state index in [1.165, 1.54) is 4.52 Å². The fourth-order valence-corrected chi connectivity index (χ4v) is 3.83. The molecule has 2 heterocycles. The van der Waals surface area contributed by atoms with E-state index in [0.29, 0.717) is 17.0 Å². The first-order chi connectivity index (χ1) is 14.3. The van der Waals surface area contributed by atoms with E-state index in [1.54, 1.807) is 7.11 Å². The lowest BCUT2D eigenvalue weighted by Gasteiger charge is -2.29. The van der Waals surface area contributed by atoms with Crippen molar-refractivity contribution in [1.29, 1.82) is 0 Å². The molecule has 1 amide bonds.